The van der Waals surface area contributed by atoms with Gasteiger partial charge in [-0.05, 0) is 18.2 Å². The molecule has 0 aliphatic heterocycles. The molecule has 6 heteroatoms. The lowest BCUT2D eigenvalue weighted by molar-refractivity contribution is 0.103. The van der Waals surface area contributed by atoms with Gasteiger partial charge in [-0.25, -0.2) is 4.98 Å². The molecule has 0 unspecified atom stereocenters. The van der Waals surface area contributed by atoms with Crippen molar-refractivity contribution in [2.75, 3.05) is 20.8 Å². The van der Waals surface area contributed by atoms with Crippen molar-refractivity contribution >= 4 is 5.78 Å². The predicted molar refractivity (Wildman–Crippen MR) is 74.3 cm³/mol. The molecular formula is C14H17N3O3. The summed E-state index contributed by atoms with van der Waals surface area (Å²) in [6.07, 6.45) is 3.28. The van der Waals surface area contributed by atoms with E-state index in [2.05, 4.69) is 4.98 Å². The topological polar surface area (TPSA) is 79.4 Å². The highest BCUT2D eigenvalue weighted by Crippen LogP contribution is 2.28. The first-order valence-electron chi connectivity index (χ1n) is 6.18. The van der Waals surface area contributed by atoms with Crippen LogP contribution < -0.4 is 15.2 Å². The summed E-state index contributed by atoms with van der Waals surface area (Å²) >= 11 is 0. The van der Waals surface area contributed by atoms with E-state index in [9.17, 15) is 4.79 Å². The van der Waals surface area contributed by atoms with E-state index in [0.717, 1.165) is 0 Å². The Hall–Kier alpha value is -2.34. The summed E-state index contributed by atoms with van der Waals surface area (Å²) in [4.78, 5) is 16.4. The number of ketones is 1. The van der Waals surface area contributed by atoms with E-state index in [0.29, 0.717) is 35.8 Å². The van der Waals surface area contributed by atoms with Crippen molar-refractivity contribution in [1.29, 1.82) is 0 Å². The minimum atomic E-state index is -0.165. The monoisotopic (exact) mass is 275 g/mol. The van der Waals surface area contributed by atoms with Crippen LogP contribution in [0.5, 0.6) is 11.5 Å². The highest BCUT2D eigenvalue weighted by molar-refractivity contribution is 6.07. The van der Waals surface area contributed by atoms with Crippen LogP contribution in [0, 0.1) is 0 Å². The van der Waals surface area contributed by atoms with E-state index in [1.54, 1.807) is 42.4 Å². The number of hydrogen-bond donors (Lipinski definition) is 1. The molecule has 106 valence electrons. The van der Waals surface area contributed by atoms with Crippen molar-refractivity contribution in [2.45, 2.75) is 6.54 Å². The molecule has 20 heavy (non-hydrogen) atoms. The molecule has 2 N–H and O–H groups in total. The first-order valence-corrected chi connectivity index (χ1v) is 6.18. The number of hydrogen-bond acceptors (Lipinski definition) is 5. The number of nitrogens with zero attached hydrogens (tertiary/aromatic N) is 2. The normalized spacial score (nSPS) is 10.3. The SMILES string of the molecule is COc1ccc(C(=O)c2cn(CCN)cn2)cc1OC. The molecule has 0 aliphatic rings. The van der Waals surface area contributed by atoms with Gasteiger partial charge in [0.1, 0.15) is 5.69 Å². The summed E-state index contributed by atoms with van der Waals surface area (Å²) < 4.78 is 12.1. The standard InChI is InChI=1S/C14H17N3O3/c1-19-12-4-3-10(7-13(12)20-2)14(18)11-8-17(6-5-15)9-16-11/h3-4,7-9H,5-6,15H2,1-2H3. The fourth-order valence-corrected chi connectivity index (χ4v) is 1.87. The number of nitrogens with two attached hydrogens (primary N) is 1. The molecule has 0 saturated carbocycles. The largest absolute Gasteiger partial charge is 0.493 e. The van der Waals surface area contributed by atoms with Gasteiger partial charge >= 0.3 is 0 Å². The second-order valence-electron chi connectivity index (χ2n) is 4.18. The molecule has 0 bridgehead atoms. The first kappa shape index (κ1) is 14.1. The molecule has 0 fully saturated rings. The Kier molecular flexibility index (Phi) is 4.37. The molecule has 1 aromatic heterocycles. The van der Waals surface area contributed by atoms with E-state index in [1.807, 2.05) is 0 Å². The van der Waals surface area contributed by atoms with Crippen LogP contribution in [-0.2, 0) is 6.54 Å². The molecule has 2 rings (SSSR count). The average Bonchev–Trinajstić information content (AvgIpc) is 2.94. The first-order chi connectivity index (χ1) is 9.69. The van der Waals surface area contributed by atoms with Crippen molar-refractivity contribution in [1.82, 2.24) is 9.55 Å². The number of rotatable bonds is 6. The van der Waals surface area contributed by atoms with Crippen LogP contribution in [0.2, 0.25) is 0 Å². The lowest BCUT2D eigenvalue weighted by atomic mass is 10.1. The Balaban J connectivity index is 2.27. The summed E-state index contributed by atoms with van der Waals surface area (Å²) in [6, 6.07) is 5.03. The molecule has 0 atom stereocenters. The van der Waals surface area contributed by atoms with Crippen molar-refractivity contribution in [2.24, 2.45) is 5.73 Å². The van der Waals surface area contributed by atoms with E-state index in [1.165, 1.54) is 7.11 Å². The van der Waals surface area contributed by atoms with Crippen molar-refractivity contribution in [3.63, 3.8) is 0 Å². The summed E-state index contributed by atoms with van der Waals surface area (Å²) in [5.41, 5.74) is 6.34. The summed E-state index contributed by atoms with van der Waals surface area (Å²) in [6.45, 7) is 1.13. The highest BCUT2D eigenvalue weighted by atomic mass is 16.5. The van der Waals surface area contributed by atoms with Gasteiger partial charge in [-0.2, -0.15) is 0 Å². The lowest BCUT2D eigenvalue weighted by Gasteiger charge is -2.08. The van der Waals surface area contributed by atoms with Gasteiger partial charge < -0.3 is 19.8 Å². The molecule has 0 aliphatic carbocycles. The number of methoxy groups -OCH3 is 2. The van der Waals surface area contributed by atoms with E-state index < -0.39 is 0 Å². The second kappa shape index (κ2) is 6.21. The Bertz CT molecular complexity index is 607. The van der Waals surface area contributed by atoms with Gasteiger partial charge in [0.15, 0.2) is 11.5 Å². The van der Waals surface area contributed by atoms with Crippen molar-refractivity contribution in [3.05, 3.63) is 42.0 Å². The number of ether oxygens (including phenoxy) is 2. The third kappa shape index (κ3) is 2.80. The van der Waals surface area contributed by atoms with Crippen LogP contribution >= 0.6 is 0 Å². The van der Waals surface area contributed by atoms with E-state index >= 15 is 0 Å². The van der Waals surface area contributed by atoms with E-state index in [-0.39, 0.29) is 5.78 Å². The average molecular weight is 275 g/mol. The Morgan fingerprint density at radius 1 is 1.30 bits per heavy atom. The van der Waals surface area contributed by atoms with E-state index in [4.69, 9.17) is 15.2 Å². The summed E-state index contributed by atoms with van der Waals surface area (Å²) in [5.74, 6) is 0.930. The molecule has 2 aromatic rings. The quantitative estimate of drug-likeness (QED) is 0.798. The lowest BCUT2D eigenvalue weighted by Crippen LogP contribution is -2.08. The van der Waals surface area contributed by atoms with Crippen LogP contribution in [0.3, 0.4) is 0 Å². The molecule has 0 saturated heterocycles. The molecular weight excluding hydrogens is 258 g/mol. The second-order valence-corrected chi connectivity index (χ2v) is 4.18. The number of carbonyl (C=O) groups is 1. The zero-order chi connectivity index (χ0) is 14.5. The predicted octanol–water partition coefficient (Wildman–Crippen LogP) is 1.09. The third-order valence-corrected chi connectivity index (χ3v) is 2.90. The molecule has 6 nitrogen and oxygen atoms in total. The summed E-state index contributed by atoms with van der Waals surface area (Å²) in [7, 11) is 3.08. The van der Waals surface area contributed by atoms with Crippen molar-refractivity contribution in [3.8, 4) is 11.5 Å². The maximum Gasteiger partial charge on any atom is 0.213 e. The smallest absolute Gasteiger partial charge is 0.213 e. The Labute approximate surface area is 117 Å². The van der Waals surface area contributed by atoms with Crippen molar-refractivity contribution < 1.29 is 14.3 Å². The Morgan fingerprint density at radius 3 is 2.70 bits per heavy atom. The van der Waals surface area contributed by atoms with Gasteiger partial charge in [0.2, 0.25) is 5.78 Å². The number of carbonyl (C=O) groups excluding carboxylic acids is 1. The minimum absolute atomic E-state index is 0.165. The number of aromatic nitrogens is 2. The molecule has 0 spiro atoms. The molecule has 1 heterocycles. The Morgan fingerprint density at radius 2 is 2.05 bits per heavy atom. The maximum atomic E-state index is 12.3. The summed E-state index contributed by atoms with van der Waals surface area (Å²) in [5, 5.41) is 0. The van der Waals surface area contributed by atoms with Crippen LogP contribution in [0.4, 0.5) is 0 Å². The van der Waals surface area contributed by atoms with Crippen LogP contribution in [0.1, 0.15) is 16.1 Å². The van der Waals surface area contributed by atoms with Gasteiger partial charge in [-0.3, -0.25) is 4.79 Å². The fraction of sp³-hybridized carbons (Fsp3) is 0.286. The molecule has 0 amide bonds. The number of benzene rings is 1. The van der Waals surface area contributed by atoms with Crippen LogP contribution in [0.15, 0.2) is 30.7 Å². The van der Waals surface area contributed by atoms with Crippen LogP contribution in [-0.4, -0.2) is 36.1 Å². The third-order valence-electron chi connectivity index (χ3n) is 2.90. The fourth-order valence-electron chi connectivity index (χ4n) is 1.87. The minimum Gasteiger partial charge on any atom is -0.493 e. The van der Waals surface area contributed by atoms with Gasteiger partial charge in [-0.1, -0.05) is 0 Å². The zero-order valence-electron chi connectivity index (χ0n) is 11.5. The highest BCUT2D eigenvalue weighted by Gasteiger charge is 2.15. The van der Waals surface area contributed by atoms with Gasteiger partial charge in [0.25, 0.3) is 0 Å². The van der Waals surface area contributed by atoms with Crippen LogP contribution in [0.25, 0.3) is 0 Å². The van der Waals surface area contributed by atoms with Gasteiger partial charge in [0.05, 0.1) is 20.5 Å². The maximum absolute atomic E-state index is 12.3. The van der Waals surface area contributed by atoms with Gasteiger partial charge in [0, 0.05) is 24.8 Å². The van der Waals surface area contributed by atoms with Gasteiger partial charge in [-0.15, -0.1) is 0 Å². The number of imidazole rings is 1. The molecule has 0 radical (unpaired) electrons. The molecule has 1 aromatic carbocycles. The zero-order valence-corrected chi connectivity index (χ0v) is 11.5.